The Morgan fingerprint density at radius 2 is 0.944 bits per heavy atom. The quantitative estimate of drug-likeness (QED) is 0.0655. The zero-order valence-corrected chi connectivity index (χ0v) is 33.8. The molecule has 0 radical (unpaired) electrons. The molecule has 0 atom stereocenters. The Labute approximate surface area is 330 Å². The summed E-state index contributed by atoms with van der Waals surface area (Å²) in [6.07, 6.45) is 22.6. The van der Waals surface area contributed by atoms with Crippen LogP contribution in [0.4, 0.5) is 0 Å². The minimum absolute atomic E-state index is 0.420. The molecule has 0 aliphatic carbocycles. The maximum absolute atomic E-state index is 10.6. The molecule has 0 bridgehead atoms. The molecule has 0 saturated carbocycles. The van der Waals surface area contributed by atoms with Crippen LogP contribution in [0.25, 0.3) is 23.3 Å². The highest BCUT2D eigenvalue weighted by atomic mass is 32.1. The highest BCUT2D eigenvalue weighted by Gasteiger charge is 2.23. The van der Waals surface area contributed by atoms with Gasteiger partial charge in [0.2, 0.25) is 0 Å². The van der Waals surface area contributed by atoms with Crippen molar-refractivity contribution in [3.63, 3.8) is 0 Å². The van der Waals surface area contributed by atoms with Gasteiger partial charge in [-0.1, -0.05) is 104 Å². The summed E-state index contributed by atoms with van der Waals surface area (Å²) in [4.78, 5) is 1.62. The van der Waals surface area contributed by atoms with Crippen LogP contribution in [0.5, 0.6) is 34.5 Å². The van der Waals surface area contributed by atoms with Gasteiger partial charge in [-0.15, -0.1) is 22.7 Å². The van der Waals surface area contributed by atoms with Crippen molar-refractivity contribution in [1.82, 2.24) is 0 Å². The van der Waals surface area contributed by atoms with E-state index in [0.717, 1.165) is 35.4 Å². The summed E-state index contributed by atoms with van der Waals surface area (Å²) in [5.41, 5.74) is 2.08. The molecule has 0 unspecified atom stereocenters. The largest absolute Gasteiger partial charge is 0.493 e. The van der Waals surface area contributed by atoms with Gasteiger partial charge in [0.15, 0.2) is 23.0 Å². The smallest absolute Gasteiger partial charge is 0.179 e. The first-order valence-corrected chi connectivity index (χ1v) is 21.8. The number of hydrogen-bond donors (Lipinski definition) is 0. The van der Waals surface area contributed by atoms with Crippen LogP contribution in [-0.2, 0) is 0 Å². The van der Waals surface area contributed by atoms with Gasteiger partial charge in [0.1, 0.15) is 37.9 Å². The lowest BCUT2D eigenvalue weighted by Crippen LogP contribution is -2.14. The fraction of sp³-hybridized carbons (Fsp3) is 0.545. The Morgan fingerprint density at radius 3 is 1.33 bits per heavy atom. The number of rotatable bonds is 24. The summed E-state index contributed by atoms with van der Waals surface area (Å²) in [5.74, 6) is 3.78. The molecule has 0 spiro atoms. The number of nitriles is 2. The normalized spacial score (nSPS) is 13.7. The van der Waals surface area contributed by atoms with Gasteiger partial charge in [-0.3, -0.25) is 0 Å². The molecule has 3 aromatic rings. The minimum Gasteiger partial charge on any atom is -0.493 e. The van der Waals surface area contributed by atoms with E-state index in [9.17, 15) is 10.5 Å². The van der Waals surface area contributed by atoms with Gasteiger partial charge in [0, 0.05) is 21.9 Å². The number of fused-ring (bicyclic) bond motifs is 2. The Kier molecular flexibility index (Phi) is 17.4. The third-order valence-corrected chi connectivity index (χ3v) is 11.4. The van der Waals surface area contributed by atoms with E-state index < -0.39 is 0 Å². The standard InChI is InChI=1S/C44H56N2O6S2/c1-3-5-7-9-11-13-15-17-19-47-37-27-36(34(30-46)26-42-44-40(32-54-42)50-22-24-52-44)38(48-20-18-16-14-12-10-8-6-4-2)28-35(37)33(29-45)25-41-43-39(31-53-41)49-21-23-51-43/h25-28,31-32H,3-24H2,1-2H3/b33-25+,34-26+. The van der Waals surface area contributed by atoms with Gasteiger partial charge in [0.25, 0.3) is 0 Å². The number of benzene rings is 1. The van der Waals surface area contributed by atoms with Crippen LogP contribution in [0, 0.1) is 22.7 Å². The van der Waals surface area contributed by atoms with E-state index in [0.29, 0.717) is 96.4 Å². The molecule has 4 heterocycles. The molecule has 0 N–H and O–H groups in total. The van der Waals surface area contributed by atoms with Crippen molar-refractivity contribution in [3.05, 3.63) is 43.8 Å². The van der Waals surface area contributed by atoms with Crippen molar-refractivity contribution in [3.8, 4) is 46.6 Å². The Balaban J connectivity index is 1.45. The monoisotopic (exact) mass is 772 g/mol. The van der Waals surface area contributed by atoms with Gasteiger partial charge in [0.05, 0.1) is 46.3 Å². The van der Waals surface area contributed by atoms with Crippen LogP contribution >= 0.6 is 22.7 Å². The Bertz CT molecular complexity index is 1630. The van der Waals surface area contributed by atoms with E-state index in [1.54, 1.807) is 0 Å². The molecule has 1 aromatic carbocycles. The zero-order chi connectivity index (χ0) is 37.8. The highest BCUT2D eigenvalue weighted by molar-refractivity contribution is 7.12. The first-order chi connectivity index (χ1) is 26.7. The molecular formula is C44H56N2O6S2. The molecular weight excluding hydrogens is 717 g/mol. The second-order valence-corrected chi connectivity index (χ2v) is 15.6. The second kappa shape index (κ2) is 22.9. The SMILES string of the molecule is CCCCCCCCCCOc1cc(/C(C#N)=C/c2scc3c2OCCO3)c(OCCCCCCCCCC)cc1/C(C#N)=C/c1scc2c1OCCO2. The molecule has 0 saturated heterocycles. The van der Waals surface area contributed by atoms with Gasteiger partial charge < -0.3 is 28.4 Å². The van der Waals surface area contributed by atoms with E-state index >= 15 is 0 Å². The average molecular weight is 773 g/mol. The van der Waals surface area contributed by atoms with Crippen LogP contribution < -0.4 is 28.4 Å². The molecule has 2 aromatic heterocycles. The van der Waals surface area contributed by atoms with Crippen LogP contribution in [0.15, 0.2) is 22.9 Å². The van der Waals surface area contributed by atoms with Crippen molar-refractivity contribution in [2.45, 2.75) is 117 Å². The van der Waals surface area contributed by atoms with Crippen molar-refractivity contribution >= 4 is 46.0 Å². The fourth-order valence-electron chi connectivity index (χ4n) is 6.62. The van der Waals surface area contributed by atoms with Crippen LogP contribution in [0.1, 0.15) is 137 Å². The van der Waals surface area contributed by atoms with E-state index in [1.807, 2.05) is 35.0 Å². The lowest BCUT2D eigenvalue weighted by Gasteiger charge is -2.18. The third kappa shape index (κ3) is 11.9. The number of unbranched alkanes of at least 4 members (excludes halogenated alkanes) is 14. The van der Waals surface area contributed by atoms with Gasteiger partial charge in [-0.25, -0.2) is 0 Å². The molecule has 2 aliphatic rings. The number of nitrogens with zero attached hydrogens (tertiary/aromatic N) is 2. The Morgan fingerprint density at radius 1 is 0.574 bits per heavy atom. The van der Waals surface area contributed by atoms with E-state index in [2.05, 4.69) is 26.0 Å². The molecule has 0 fully saturated rings. The lowest BCUT2D eigenvalue weighted by molar-refractivity contribution is 0.173. The third-order valence-electron chi connectivity index (χ3n) is 9.62. The lowest BCUT2D eigenvalue weighted by atomic mass is 9.97. The fourth-order valence-corrected chi connectivity index (χ4v) is 8.35. The topological polar surface area (TPSA) is 103 Å². The predicted molar refractivity (Wildman–Crippen MR) is 220 cm³/mol. The first kappa shape index (κ1) is 41.1. The van der Waals surface area contributed by atoms with Crippen molar-refractivity contribution < 1.29 is 28.4 Å². The van der Waals surface area contributed by atoms with E-state index in [-0.39, 0.29) is 0 Å². The molecule has 54 heavy (non-hydrogen) atoms. The van der Waals surface area contributed by atoms with Gasteiger partial charge in [-0.05, 0) is 37.1 Å². The Hall–Kier alpha value is -4.12. The molecule has 8 nitrogen and oxygen atoms in total. The number of ether oxygens (including phenoxy) is 6. The average Bonchev–Trinajstić information content (AvgIpc) is 3.81. The summed E-state index contributed by atoms with van der Waals surface area (Å²) in [6.45, 7) is 7.39. The first-order valence-electron chi connectivity index (χ1n) is 20.1. The molecule has 10 heteroatoms. The molecule has 290 valence electrons. The number of allylic oxidation sites excluding steroid dienone is 2. The minimum atomic E-state index is 0.420. The maximum Gasteiger partial charge on any atom is 0.179 e. The molecule has 0 amide bonds. The summed E-state index contributed by atoms with van der Waals surface area (Å²) >= 11 is 2.95. The number of hydrogen-bond acceptors (Lipinski definition) is 10. The molecule has 2 aliphatic heterocycles. The van der Waals surface area contributed by atoms with E-state index in [4.69, 9.17) is 28.4 Å². The summed E-state index contributed by atoms with van der Waals surface area (Å²) in [7, 11) is 0. The highest BCUT2D eigenvalue weighted by Crippen LogP contribution is 2.45. The van der Waals surface area contributed by atoms with Crippen molar-refractivity contribution in [2.75, 3.05) is 39.6 Å². The van der Waals surface area contributed by atoms with Gasteiger partial charge >= 0.3 is 0 Å². The van der Waals surface area contributed by atoms with Crippen molar-refractivity contribution in [2.24, 2.45) is 0 Å². The van der Waals surface area contributed by atoms with Gasteiger partial charge in [-0.2, -0.15) is 10.5 Å². The maximum atomic E-state index is 10.6. The zero-order valence-electron chi connectivity index (χ0n) is 32.2. The summed E-state index contributed by atoms with van der Waals surface area (Å²) in [5, 5.41) is 25.1. The van der Waals surface area contributed by atoms with Crippen LogP contribution in [-0.4, -0.2) is 39.6 Å². The summed E-state index contributed by atoms with van der Waals surface area (Å²) in [6, 6.07) is 8.62. The van der Waals surface area contributed by atoms with Crippen molar-refractivity contribution in [1.29, 1.82) is 10.5 Å². The van der Waals surface area contributed by atoms with Crippen LogP contribution in [0.2, 0.25) is 0 Å². The van der Waals surface area contributed by atoms with E-state index in [1.165, 1.54) is 99.7 Å². The van der Waals surface area contributed by atoms with Crippen LogP contribution in [0.3, 0.4) is 0 Å². The number of thiophene rings is 2. The second-order valence-electron chi connectivity index (χ2n) is 13.8. The summed E-state index contributed by atoms with van der Waals surface area (Å²) < 4.78 is 36.5. The predicted octanol–water partition coefficient (Wildman–Crippen LogP) is 12.5. The molecule has 5 rings (SSSR count).